The van der Waals surface area contributed by atoms with Crippen LogP contribution in [0.25, 0.3) is 0 Å². The molecule has 2 rings (SSSR count). The van der Waals surface area contributed by atoms with Crippen LogP contribution in [0.5, 0.6) is 0 Å². The zero-order valence-corrected chi connectivity index (χ0v) is 10.7. The second-order valence-electron chi connectivity index (χ2n) is 4.81. The third-order valence-corrected chi connectivity index (χ3v) is 3.60. The molecule has 0 aromatic heterocycles. The third kappa shape index (κ3) is 2.75. The van der Waals surface area contributed by atoms with Crippen LogP contribution in [0, 0.1) is 11.7 Å². The Balaban J connectivity index is 2.18. The van der Waals surface area contributed by atoms with Crippen LogP contribution in [-0.4, -0.2) is 35.0 Å². The minimum Gasteiger partial charge on any atom is -0.478 e. The Morgan fingerprint density at radius 1 is 1.47 bits per heavy atom. The van der Waals surface area contributed by atoms with Gasteiger partial charge >= 0.3 is 5.97 Å². The first-order chi connectivity index (χ1) is 9.02. The van der Waals surface area contributed by atoms with Crippen molar-refractivity contribution in [1.29, 1.82) is 0 Å². The third-order valence-electron chi connectivity index (χ3n) is 3.60. The molecule has 0 bridgehead atoms. The largest absolute Gasteiger partial charge is 0.478 e. The standard InChI is InChI=1S/C14H16FNO3/c1-2-9-5-6-16(8-9)13(17)11-4-3-10(14(18)19)7-12(11)15/h3-4,7,9H,2,5-6,8H2,1H3,(H,18,19). The molecular formula is C14H16FNO3. The van der Waals surface area contributed by atoms with E-state index in [1.165, 1.54) is 12.1 Å². The summed E-state index contributed by atoms with van der Waals surface area (Å²) in [5.74, 6) is -1.86. The number of hydrogen-bond donors (Lipinski definition) is 1. The lowest BCUT2D eigenvalue weighted by Gasteiger charge is -2.16. The quantitative estimate of drug-likeness (QED) is 0.913. The number of aromatic carboxylic acids is 1. The van der Waals surface area contributed by atoms with Crippen LogP contribution >= 0.6 is 0 Å². The number of likely N-dealkylation sites (tertiary alicyclic amines) is 1. The maximum absolute atomic E-state index is 13.8. The van der Waals surface area contributed by atoms with Gasteiger partial charge < -0.3 is 10.0 Å². The first kappa shape index (κ1) is 13.5. The van der Waals surface area contributed by atoms with Crippen molar-refractivity contribution in [3.63, 3.8) is 0 Å². The van der Waals surface area contributed by atoms with Crippen molar-refractivity contribution >= 4 is 11.9 Å². The molecular weight excluding hydrogens is 249 g/mol. The van der Waals surface area contributed by atoms with Gasteiger partial charge in [0.15, 0.2) is 0 Å². The molecule has 1 unspecified atom stereocenters. The van der Waals surface area contributed by atoms with E-state index in [4.69, 9.17) is 5.11 Å². The van der Waals surface area contributed by atoms with E-state index in [1.807, 2.05) is 0 Å². The molecule has 1 fully saturated rings. The molecule has 1 aliphatic rings. The summed E-state index contributed by atoms with van der Waals surface area (Å²) in [5, 5.41) is 8.75. The second kappa shape index (κ2) is 5.38. The molecule has 1 N–H and O–H groups in total. The number of hydrogen-bond acceptors (Lipinski definition) is 2. The number of rotatable bonds is 3. The van der Waals surface area contributed by atoms with E-state index < -0.39 is 11.8 Å². The van der Waals surface area contributed by atoms with Crippen molar-refractivity contribution in [2.24, 2.45) is 5.92 Å². The Labute approximate surface area is 110 Å². The molecule has 1 saturated heterocycles. The zero-order chi connectivity index (χ0) is 14.0. The zero-order valence-electron chi connectivity index (χ0n) is 10.7. The van der Waals surface area contributed by atoms with Crippen molar-refractivity contribution in [2.75, 3.05) is 13.1 Å². The summed E-state index contributed by atoms with van der Waals surface area (Å²) in [6, 6.07) is 3.40. The smallest absolute Gasteiger partial charge is 0.335 e. The van der Waals surface area contributed by atoms with Crippen LogP contribution in [0.15, 0.2) is 18.2 Å². The summed E-state index contributed by atoms with van der Waals surface area (Å²) in [6.45, 7) is 3.35. The highest BCUT2D eigenvalue weighted by Gasteiger charge is 2.27. The van der Waals surface area contributed by atoms with Gasteiger partial charge in [-0.1, -0.05) is 13.3 Å². The summed E-state index contributed by atoms with van der Waals surface area (Å²) in [4.78, 5) is 24.5. The number of carbonyl (C=O) groups excluding carboxylic acids is 1. The van der Waals surface area contributed by atoms with E-state index >= 15 is 0 Å². The molecule has 0 saturated carbocycles. The van der Waals surface area contributed by atoms with Crippen molar-refractivity contribution in [2.45, 2.75) is 19.8 Å². The number of amides is 1. The number of halogens is 1. The minimum absolute atomic E-state index is 0.0539. The van der Waals surface area contributed by atoms with Crippen molar-refractivity contribution in [3.8, 4) is 0 Å². The molecule has 1 aliphatic heterocycles. The second-order valence-corrected chi connectivity index (χ2v) is 4.81. The summed E-state index contributed by atoms with van der Waals surface area (Å²) < 4.78 is 13.8. The fraction of sp³-hybridized carbons (Fsp3) is 0.429. The molecule has 1 amide bonds. The summed E-state index contributed by atoms with van der Waals surface area (Å²) >= 11 is 0. The molecule has 1 heterocycles. The van der Waals surface area contributed by atoms with Gasteiger partial charge in [0.25, 0.3) is 5.91 Å². The number of carbonyl (C=O) groups is 2. The molecule has 0 radical (unpaired) electrons. The number of carboxylic acids is 1. The Hall–Kier alpha value is -1.91. The summed E-state index contributed by atoms with van der Waals surface area (Å²) in [7, 11) is 0. The van der Waals surface area contributed by atoms with Crippen LogP contribution in [0.2, 0.25) is 0 Å². The van der Waals surface area contributed by atoms with Gasteiger partial charge in [-0.15, -0.1) is 0 Å². The van der Waals surface area contributed by atoms with Crippen LogP contribution in [0.4, 0.5) is 4.39 Å². The lowest BCUT2D eigenvalue weighted by molar-refractivity contribution is 0.0693. The summed E-state index contributed by atoms with van der Waals surface area (Å²) in [6.07, 6.45) is 1.95. The van der Waals surface area contributed by atoms with E-state index in [9.17, 15) is 14.0 Å². The predicted molar refractivity (Wildman–Crippen MR) is 67.7 cm³/mol. The van der Waals surface area contributed by atoms with E-state index in [0.29, 0.717) is 19.0 Å². The molecule has 0 spiro atoms. The number of carboxylic acid groups (broad SMARTS) is 1. The Morgan fingerprint density at radius 3 is 2.74 bits per heavy atom. The van der Waals surface area contributed by atoms with Gasteiger partial charge in [0.1, 0.15) is 5.82 Å². The fourth-order valence-corrected chi connectivity index (χ4v) is 2.34. The lowest BCUT2D eigenvalue weighted by Crippen LogP contribution is -2.29. The van der Waals surface area contributed by atoms with Gasteiger partial charge in [-0.25, -0.2) is 9.18 Å². The lowest BCUT2D eigenvalue weighted by atomic mass is 10.1. The van der Waals surface area contributed by atoms with E-state index in [1.54, 1.807) is 4.90 Å². The Morgan fingerprint density at radius 2 is 2.21 bits per heavy atom. The number of nitrogens with zero attached hydrogens (tertiary/aromatic N) is 1. The maximum Gasteiger partial charge on any atom is 0.335 e. The highest BCUT2D eigenvalue weighted by Crippen LogP contribution is 2.22. The molecule has 1 atom stereocenters. The summed E-state index contributed by atoms with van der Waals surface area (Å²) in [5.41, 5.74) is -0.205. The highest BCUT2D eigenvalue weighted by molar-refractivity contribution is 5.96. The minimum atomic E-state index is -1.20. The SMILES string of the molecule is CCC1CCN(C(=O)c2ccc(C(=O)O)cc2F)C1. The van der Waals surface area contributed by atoms with Crippen molar-refractivity contribution in [1.82, 2.24) is 4.90 Å². The molecule has 1 aromatic rings. The monoisotopic (exact) mass is 265 g/mol. The molecule has 19 heavy (non-hydrogen) atoms. The molecule has 102 valence electrons. The van der Waals surface area contributed by atoms with E-state index in [2.05, 4.69) is 6.92 Å². The normalized spacial score (nSPS) is 18.6. The molecule has 4 nitrogen and oxygen atoms in total. The Bertz CT molecular complexity index is 515. The van der Waals surface area contributed by atoms with Gasteiger partial charge in [0.2, 0.25) is 0 Å². The van der Waals surface area contributed by atoms with Crippen LogP contribution in [0.3, 0.4) is 0 Å². The van der Waals surface area contributed by atoms with Gasteiger partial charge in [-0.05, 0) is 30.5 Å². The van der Waals surface area contributed by atoms with Gasteiger partial charge in [-0.2, -0.15) is 0 Å². The van der Waals surface area contributed by atoms with Gasteiger partial charge in [-0.3, -0.25) is 4.79 Å². The first-order valence-electron chi connectivity index (χ1n) is 6.35. The van der Waals surface area contributed by atoms with Crippen molar-refractivity contribution < 1.29 is 19.1 Å². The fourth-order valence-electron chi connectivity index (χ4n) is 2.34. The first-order valence-corrected chi connectivity index (χ1v) is 6.35. The van der Waals surface area contributed by atoms with Crippen molar-refractivity contribution in [3.05, 3.63) is 35.1 Å². The Kier molecular flexibility index (Phi) is 3.83. The molecule has 1 aromatic carbocycles. The van der Waals surface area contributed by atoms with Gasteiger partial charge in [0, 0.05) is 13.1 Å². The average molecular weight is 265 g/mol. The average Bonchev–Trinajstić information content (AvgIpc) is 2.86. The van der Waals surface area contributed by atoms with Crippen LogP contribution in [0.1, 0.15) is 40.5 Å². The van der Waals surface area contributed by atoms with Crippen LogP contribution in [-0.2, 0) is 0 Å². The van der Waals surface area contributed by atoms with E-state index in [-0.39, 0.29) is 17.0 Å². The van der Waals surface area contributed by atoms with Gasteiger partial charge in [0.05, 0.1) is 11.1 Å². The predicted octanol–water partition coefficient (Wildman–Crippen LogP) is 2.40. The maximum atomic E-state index is 13.8. The van der Waals surface area contributed by atoms with E-state index in [0.717, 1.165) is 18.9 Å². The molecule has 5 heteroatoms. The topological polar surface area (TPSA) is 57.6 Å². The molecule has 0 aliphatic carbocycles. The highest BCUT2D eigenvalue weighted by atomic mass is 19.1. The van der Waals surface area contributed by atoms with Crippen LogP contribution < -0.4 is 0 Å². The number of benzene rings is 1.